The fourth-order valence-electron chi connectivity index (χ4n) is 9.19. The molecule has 0 amide bonds. The molecular weight excluding hydrogens is 765 g/mol. The van der Waals surface area contributed by atoms with Crippen molar-refractivity contribution >= 4 is 12.2 Å². The van der Waals surface area contributed by atoms with Crippen molar-refractivity contribution in [2.24, 2.45) is 22.9 Å². The molecule has 0 radical (unpaired) electrons. The van der Waals surface area contributed by atoms with Crippen LogP contribution in [0.4, 0.5) is 0 Å². The molecule has 0 bridgehead atoms. The highest BCUT2D eigenvalue weighted by Crippen LogP contribution is 2.36. The van der Waals surface area contributed by atoms with Crippen LogP contribution < -0.4 is 0 Å². The molecule has 0 unspecified atom stereocenters. The Hall–Kier alpha value is -1.82. The summed E-state index contributed by atoms with van der Waals surface area (Å²) in [6.45, 7) is 12.1. The highest BCUT2D eigenvalue weighted by Gasteiger charge is 2.22. The third kappa shape index (κ3) is 31.9. The van der Waals surface area contributed by atoms with Crippen LogP contribution in [-0.2, 0) is 19.1 Å². The number of allylic oxidation sites excluding steroid dienone is 4. The van der Waals surface area contributed by atoms with Gasteiger partial charge >= 0.3 is 5.97 Å². The number of hydrogen-bond acceptors (Lipinski definition) is 6. The summed E-state index contributed by atoms with van der Waals surface area (Å²) in [6.07, 6.45) is 48.8. The maximum atomic E-state index is 13.2. The summed E-state index contributed by atoms with van der Waals surface area (Å²) in [5, 5.41) is 4.10. The molecule has 0 aromatic carbocycles. The fraction of sp³-hybridized carbons (Fsp3) is 0.893. The second-order valence-corrected chi connectivity index (χ2v) is 20.0. The molecule has 362 valence electrons. The molecule has 0 aliphatic heterocycles. The van der Waals surface area contributed by atoms with Gasteiger partial charge in [-0.15, -0.1) is 0 Å². The first-order valence-corrected chi connectivity index (χ1v) is 27.5. The van der Waals surface area contributed by atoms with E-state index in [9.17, 15) is 4.79 Å². The summed E-state index contributed by atoms with van der Waals surface area (Å²) in [7, 11) is 4.17. The Morgan fingerprint density at radius 3 is 1.29 bits per heavy atom. The molecule has 0 saturated heterocycles. The monoisotopic (exact) mass is 869 g/mol. The summed E-state index contributed by atoms with van der Waals surface area (Å²) < 4.78 is 13.0. The number of carbonyl (C=O) groups is 1. The van der Waals surface area contributed by atoms with E-state index in [2.05, 4.69) is 51.8 Å². The maximum Gasteiger partial charge on any atom is 0.338 e. The standard InChI is InChI=1S/C56H104N2O4/c1-7-11-21-31-49(32-22-12-8-2)43-47-60-54(51-39-40-51)37-27-19-15-17-25-35-53(56(59)62-57-45-29-30-46-58(5)6)36-26-18-16-20-28-38-55(52-41-42-52)61-48-44-50(33-23-13-9-3)34-24-14-10-4/h45,49-50,53H,7-44,46-48H2,1-6H3/b57-45+. The predicted molar refractivity (Wildman–Crippen MR) is 268 cm³/mol. The van der Waals surface area contributed by atoms with Crippen molar-refractivity contribution in [1.29, 1.82) is 0 Å². The number of ether oxygens (including phenoxy) is 2. The van der Waals surface area contributed by atoms with Gasteiger partial charge in [-0.3, -0.25) is 0 Å². The van der Waals surface area contributed by atoms with Crippen LogP contribution in [-0.4, -0.2) is 50.9 Å². The Labute approximate surface area is 386 Å². The van der Waals surface area contributed by atoms with Gasteiger partial charge in [-0.05, 0) is 121 Å². The summed E-state index contributed by atoms with van der Waals surface area (Å²) in [6, 6.07) is 0. The second-order valence-electron chi connectivity index (χ2n) is 20.0. The van der Waals surface area contributed by atoms with E-state index >= 15 is 0 Å². The molecule has 0 N–H and O–H groups in total. The van der Waals surface area contributed by atoms with E-state index in [1.165, 1.54) is 204 Å². The zero-order valence-electron chi connectivity index (χ0n) is 42.3. The average molecular weight is 869 g/mol. The van der Waals surface area contributed by atoms with Crippen LogP contribution in [0, 0.1) is 17.8 Å². The van der Waals surface area contributed by atoms with E-state index in [0.29, 0.717) is 0 Å². The number of carbonyl (C=O) groups excluding carboxylic acids is 1. The minimum Gasteiger partial charge on any atom is -0.498 e. The van der Waals surface area contributed by atoms with Gasteiger partial charge in [0.05, 0.1) is 30.6 Å². The van der Waals surface area contributed by atoms with Crippen molar-refractivity contribution < 1.29 is 19.1 Å². The van der Waals surface area contributed by atoms with Crippen molar-refractivity contribution in [3.8, 4) is 0 Å². The van der Waals surface area contributed by atoms with E-state index < -0.39 is 0 Å². The Balaban J connectivity index is 1.71. The molecule has 2 aliphatic carbocycles. The number of oxime groups is 1. The van der Waals surface area contributed by atoms with Gasteiger partial charge in [0.2, 0.25) is 0 Å². The van der Waals surface area contributed by atoms with Crippen LogP contribution in [0.2, 0.25) is 0 Å². The summed E-state index contributed by atoms with van der Waals surface area (Å²) in [5.41, 5.74) is 3.17. The molecular formula is C56H104N2O4. The van der Waals surface area contributed by atoms with E-state index in [1.54, 1.807) is 17.4 Å². The Morgan fingerprint density at radius 1 is 0.516 bits per heavy atom. The Morgan fingerprint density at radius 2 is 0.903 bits per heavy atom. The highest BCUT2D eigenvalue weighted by atomic mass is 16.7. The molecule has 0 atom stereocenters. The fourth-order valence-corrected chi connectivity index (χ4v) is 9.19. The maximum absolute atomic E-state index is 13.2. The van der Waals surface area contributed by atoms with Gasteiger partial charge in [-0.1, -0.05) is 187 Å². The second kappa shape index (κ2) is 39.5. The van der Waals surface area contributed by atoms with E-state index in [0.717, 1.165) is 83.0 Å². The number of hydrogen-bond donors (Lipinski definition) is 0. The van der Waals surface area contributed by atoms with Crippen molar-refractivity contribution in [1.82, 2.24) is 4.90 Å². The lowest BCUT2D eigenvalue weighted by Crippen LogP contribution is -2.16. The van der Waals surface area contributed by atoms with Crippen molar-refractivity contribution in [2.45, 2.75) is 272 Å². The SMILES string of the molecule is CCCCCC(CCCCC)CCOC(CCCCCCCC(CCCCCCCC(OCCC(CCCCC)CCCCC)=C1CC1)C(=O)O/N=C/CCCN(C)C)=C1CC1. The molecule has 2 saturated carbocycles. The van der Waals surface area contributed by atoms with E-state index in [4.69, 9.17) is 14.3 Å². The third-order valence-electron chi connectivity index (χ3n) is 13.7. The summed E-state index contributed by atoms with van der Waals surface area (Å²) in [5.74, 6) is 4.16. The first kappa shape index (κ1) is 56.3. The van der Waals surface area contributed by atoms with Crippen molar-refractivity contribution in [3.63, 3.8) is 0 Å². The van der Waals surface area contributed by atoms with Gasteiger partial charge in [-0.2, -0.15) is 0 Å². The molecule has 62 heavy (non-hydrogen) atoms. The molecule has 2 rings (SSSR count). The molecule has 6 heteroatoms. The predicted octanol–water partition coefficient (Wildman–Crippen LogP) is 17.4. The van der Waals surface area contributed by atoms with Crippen LogP contribution in [0.5, 0.6) is 0 Å². The number of rotatable bonds is 46. The van der Waals surface area contributed by atoms with Gasteiger partial charge in [0.15, 0.2) is 0 Å². The van der Waals surface area contributed by atoms with Crippen LogP contribution in [0.15, 0.2) is 27.8 Å². The zero-order valence-corrected chi connectivity index (χ0v) is 42.3. The van der Waals surface area contributed by atoms with Gasteiger partial charge in [-0.25, -0.2) is 4.79 Å². The van der Waals surface area contributed by atoms with E-state index in [-0.39, 0.29) is 11.9 Å². The minimum atomic E-state index is -0.125. The molecule has 6 nitrogen and oxygen atoms in total. The van der Waals surface area contributed by atoms with Gasteiger partial charge < -0.3 is 19.2 Å². The summed E-state index contributed by atoms with van der Waals surface area (Å²) in [4.78, 5) is 20.9. The minimum absolute atomic E-state index is 0.0475. The lowest BCUT2D eigenvalue weighted by molar-refractivity contribution is -0.149. The molecule has 0 aromatic heterocycles. The smallest absolute Gasteiger partial charge is 0.338 e. The van der Waals surface area contributed by atoms with Crippen LogP contribution in [0.1, 0.15) is 272 Å². The van der Waals surface area contributed by atoms with Crippen molar-refractivity contribution in [3.05, 3.63) is 22.7 Å². The first-order chi connectivity index (χ1) is 30.4. The summed E-state index contributed by atoms with van der Waals surface area (Å²) >= 11 is 0. The third-order valence-corrected chi connectivity index (χ3v) is 13.7. The topological polar surface area (TPSA) is 60.4 Å². The highest BCUT2D eigenvalue weighted by molar-refractivity contribution is 5.73. The van der Waals surface area contributed by atoms with Crippen molar-refractivity contribution in [2.75, 3.05) is 33.9 Å². The van der Waals surface area contributed by atoms with E-state index in [1.807, 2.05) is 0 Å². The molecule has 2 fully saturated rings. The molecule has 0 aromatic rings. The van der Waals surface area contributed by atoms with Gasteiger partial charge in [0.25, 0.3) is 0 Å². The Kier molecular flexibility index (Phi) is 35.9. The molecule has 0 spiro atoms. The van der Waals surface area contributed by atoms with Crippen LogP contribution >= 0.6 is 0 Å². The lowest BCUT2D eigenvalue weighted by atomic mass is 9.92. The number of nitrogens with zero attached hydrogens (tertiary/aromatic N) is 2. The molecule has 0 heterocycles. The first-order valence-electron chi connectivity index (χ1n) is 27.5. The molecule has 2 aliphatic rings. The normalized spacial score (nSPS) is 13.7. The quantitative estimate of drug-likeness (QED) is 0.0201. The van der Waals surface area contributed by atoms with Crippen LogP contribution in [0.3, 0.4) is 0 Å². The Bertz CT molecular complexity index is 1060. The van der Waals surface area contributed by atoms with Gasteiger partial charge in [0.1, 0.15) is 0 Å². The zero-order chi connectivity index (χ0) is 44.7. The van der Waals surface area contributed by atoms with Crippen LogP contribution in [0.25, 0.3) is 0 Å². The largest absolute Gasteiger partial charge is 0.498 e. The number of unbranched alkanes of at least 4 members (excludes halogenated alkanes) is 17. The average Bonchev–Trinajstić information content (AvgIpc) is 4.20. The lowest BCUT2D eigenvalue weighted by Gasteiger charge is -2.18. The van der Waals surface area contributed by atoms with Gasteiger partial charge in [0, 0.05) is 19.1 Å².